The van der Waals surface area contributed by atoms with Crippen molar-refractivity contribution in [3.05, 3.63) is 89.8 Å². The van der Waals surface area contributed by atoms with Crippen LogP contribution in [0.1, 0.15) is 25.0 Å². The standard InChI is InChI=1S/C24H21F3O2/c1-3-5-13-28-21-11-8-20(9-12-21)24(26,27)29-22-10-7-17-14-18(6-4-2)23(25)16-19(17)15-22/h3-12,14-16H,13H2,1-2H3/b5-3+,6-4+. The zero-order valence-corrected chi connectivity index (χ0v) is 16.2. The highest BCUT2D eigenvalue weighted by Crippen LogP contribution is 2.34. The Morgan fingerprint density at radius 3 is 2.28 bits per heavy atom. The second-order valence-electron chi connectivity index (χ2n) is 6.41. The van der Waals surface area contributed by atoms with Crippen molar-refractivity contribution in [3.8, 4) is 11.5 Å². The molecule has 0 aromatic heterocycles. The number of hydrogen-bond donors (Lipinski definition) is 0. The lowest BCUT2D eigenvalue weighted by atomic mass is 10.1. The Morgan fingerprint density at radius 1 is 0.862 bits per heavy atom. The van der Waals surface area contributed by atoms with Crippen LogP contribution in [0, 0.1) is 5.82 Å². The van der Waals surface area contributed by atoms with E-state index in [4.69, 9.17) is 9.47 Å². The van der Waals surface area contributed by atoms with Crippen molar-refractivity contribution in [1.82, 2.24) is 0 Å². The second kappa shape index (κ2) is 8.86. The fraction of sp³-hybridized carbons (Fsp3) is 0.167. The van der Waals surface area contributed by atoms with Gasteiger partial charge in [0, 0.05) is 5.56 Å². The van der Waals surface area contributed by atoms with Gasteiger partial charge >= 0.3 is 6.11 Å². The molecule has 3 aromatic rings. The van der Waals surface area contributed by atoms with Crippen LogP contribution in [-0.4, -0.2) is 6.61 Å². The molecule has 3 aromatic carbocycles. The third kappa shape index (κ3) is 4.99. The average Bonchev–Trinajstić information content (AvgIpc) is 2.69. The van der Waals surface area contributed by atoms with Gasteiger partial charge in [-0.15, -0.1) is 0 Å². The van der Waals surface area contributed by atoms with Crippen molar-refractivity contribution in [2.75, 3.05) is 6.61 Å². The van der Waals surface area contributed by atoms with E-state index >= 15 is 0 Å². The van der Waals surface area contributed by atoms with Crippen LogP contribution in [0.4, 0.5) is 13.2 Å². The molecule has 3 rings (SSSR count). The van der Waals surface area contributed by atoms with Crippen molar-refractivity contribution in [3.63, 3.8) is 0 Å². The molecule has 0 N–H and O–H groups in total. The Labute approximate surface area is 167 Å². The lowest BCUT2D eigenvalue weighted by Crippen LogP contribution is -2.21. The molecule has 29 heavy (non-hydrogen) atoms. The summed E-state index contributed by atoms with van der Waals surface area (Å²) in [5, 5.41) is 1.22. The molecule has 0 saturated carbocycles. The summed E-state index contributed by atoms with van der Waals surface area (Å²) in [6, 6.07) is 12.9. The number of fused-ring (bicyclic) bond motifs is 1. The van der Waals surface area contributed by atoms with Crippen molar-refractivity contribution in [2.24, 2.45) is 0 Å². The summed E-state index contributed by atoms with van der Waals surface area (Å²) in [4.78, 5) is 0. The van der Waals surface area contributed by atoms with Crippen LogP contribution < -0.4 is 9.47 Å². The third-order valence-corrected chi connectivity index (χ3v) is 4.29. The Morgan fingerprint density at radius 2 is 1.59 bits per heavy atom. The van der Waals surface area contributed by atoms with E-state index in [1.165, 1.54) is 42.5 Å². The van der Waals surface area contributed by atoms with E-state index in [-0.39, 0.29) is 11.3 Å². The molecule has 0 atom stereocenters. The molecular weight excluding hydrogens is 377 g/mol. The number of benzene rings is 3. The maximum absolute atomic E-state index is 14.6. The molecule has 0 saturated heterocycles. The molecule has 0 bridgehead atoms. The topological polar surface area (TPSA) is 18.5 Å². The second-order valence-corrected chi connectivity index (χ2v) is 6.41. The quantitative estimate of drug-likeness (QED) is 0.395. The highest BCUT2D eigenvalue weighted by molar-refractivity contribution is 5.86. The summed E-state index contributed by atoms with van der Waals surface area (Å²) in [5.41, 5.74) is 0.140. The first-order chi connectivity index (χ1) is 13.9. The molecule has 0 aliphatic carbocycles. The maximum Gasteiger partial charge on any atom is 0.426 e. The first-order valence-electron chi connectivity index (χ1n) is 9.20. The summed E-state index contributed by atoms with van der Waals surface area (Å²) < 4.78 is 53.6. The van der Waals surface area contributed by atoms with Gasteiger partial charge in [-0.1, -0.05) is 30.4 Å². The number of allylic oxidation sites excluding steroid dienone is 2. The molecular formula is C24H21F3O2. The van der Waals surface area contributed by atoms with Gasteiger partial charge in [0.05, 0.1) is 5.56 Å². The molecule has 0 amide bonds. The molecule has 0 spiro atoms. The number of alkyl halides is 2. The monoisotopic (exact) mass is 398 g/mol. The molecule has 0 heterocycles. The summed E-state index contributed by atoms with van der Waals surface area (Å²) in [5.74, 6) is 0.0165. The molecule has 150 valence electrons. The van der Waals surface area contributed by atoms with Gasteiger partial charge in [-0.3, -0.25) is 0 Å². The minimum atomic E-state index is -3.54. The van der Waals surface area contributed by atoms with Crippen LogP contribution >= 0.6 is 0 Å². The number of rotatable bonds is 7. The molecule has 0 aliphatic rings. The summed E-state index contributed by atoms with van der Waals surface area (Å²) in [6.07, 6.45) is 3.50. The molecule has 2 nitrogen and oxygen atoms in total. The van der Waals surface area contributed by atoms with Crippen molar-refractivity contribution in [2.45, 2.75) is 20.0 Å². The highest BCUT2D eigenvalue weighted by Gasteiger charge is 2.34. The van der Waals surface area contributed by atoms with Crippen LogP contribution in [0.5, 0.6) is 11.5 Å². The first kappa shape index (κ1) is 20.5. The number of hydrogen-bond acceptors (Lipinski definition) is 2. The number of halogens is 3. The highest BCUT2D eigenvalue weighted by atomic mass is 19.3. The Hall–Kier alpha value is -3.21. The molecule has 0 aliphatic heterocycles. The fourth-order valence-electron chi connectivity index (χ4n) is 2.83. The minimum Gasteiger partial charge on any atom is -0.490 e. The van der Waals surface area contributed by atoms with Crippen LogP contribution in [0.15, 0.2) is 72.8 Å². The maximum atomic E-state index is 14.6. The molecule has 5 heteroatoms. The van der Waals surface area contributed by atoms with Crippen LogP contribution in [0.3, 0.4) is 0 Å². The molecule has 0 unspecified atom stereocenters. The minimum absolute atomic E-state index is 0.0471. The SMILES string of the molecule is C/C=C/COc1ccc(C(F)(F)Oc2ccc3cc(/C=C/C)c(F)cc3c2)cc1. The Balaban J connectivity index is 1.80. The summed E-state index contributed by atoms with van der Waals surface area (Å²) in [6.45, 7) is 4.03. The average molecular weight is 398 g/mol. The van der Waals surface area contributed by atoms with Gasteiger partial charge < -0.3 is 9.47 Å². The van der Waals surface area contributed by atoms with Gasteiger partial charge in [-0.2, -0.15) is 8.78 Å². The van der Waals surface area contributed by atoms with Gasteiger partial charge in [0.25, 0.3) is 0 Å². The first-order valence-corrected chi connectivity index (χ1v) is 9.20. The van der Waals surface area contributed by atoms with E-state index in [0.29, 0.717) is 23.3 Å². The smallest absolute Gasteiger partial charge is 0.426 e. The van der Waals surface area contributed by atoms with Gasteiger partial charge in [0.1, 0.15) is 23.9 Å². The lowest BCUT2D eigenvalue weighted by Gasteiger charge is -2.19. The van der Waals surface area contributed by atoms with E-state index in [1.807, 2.05) is 19.1 Å². The van der Waals surface area contributed by atoms with Gasteiger partial charge in [-0.25, -0.2) is 4.39 Å². The number of ether oxygens (including phenoxy) is 2. The van der Waals surface area contributed by atoms with Crippen molar-refractivity contribution >= 4 is 16.8 Å². The zero-order chi connectivity index (χ0) is 20.9. The van der Waals surface area contributed by atoms with Crippen LogP contribution in [-0.2, 0) is 6.11 Å². The van der Waals surface area contributed by atoms with Crippen LogP contribution in [0.25, 0.3) is 16.8 Å². The summed E-state index contributed by atoms with van der Waals surface area (Å²) >= 11 is 0. The molecule has 0 fully saturated rings. The summed E-state index contributed by atoms with van der Waals surface area (Å²) in [7, 11) is 0. The van der Waals surface area contributed by atoms with E-state index in [1.54, 1.807) is 31.2 Å². The predicted octanol–water partition coefficient (Wildman–Crippen LogP) is 7.10. The Bertz CT molecular complexity index is 1040. The van der Waals surface area contributed by atoms with Gasteiger partial charge in [0.2, 0.25) is 0 Å². The van der Waals surface area contributed by atoms with E-state index in [9.17, 15) is 13.2 Å². The van der Waals surface area contributed by atoms with Crippen LogP contribution in [0.2, 0.25) is 0 Å². The Kier molecular flexibility index (Phi) is 6.27. The lowest BCUT2D eigenvalue weighted by molar-refractivity contribution is -0.185. The fourth-order valence-corrected chi connectivity index (χ4v) is 2.83. The van der Waals surface area contributed by atoms with Gasteiger partial charge in [-0.05, 0) is 73.2 Å². The zero-order valence-electron chi connectivity index (χ0n) is 16.2. The normalized spacial score (nSPS) is 12.2. The van der Waals surface area contributed by atoms with E-state index in [0.717, 1.165) is 5.39 Å². The largest absolute Gasteiger partial charge is 0.490 e. The van der Waals surface area contributed by atoms with E-state index < -0.39 is 11.9 Å². The van der Waals surface area contributed by atoms with Crippen molar-refractivity contribution < 1.29 is 22.6 Å². The third-order valence-electron chi connectivity index (χ3n) is 4.29. The van der Waals surface area contributed by atoms with Gasteiger partial charge in [0.15, 0.2) is 0 Å². The van der Waals surface area contributed by atoms with Crippen molar-refractivity contribution in [1.29, 1.82) is 0 Å². The molecule has 0 radical (unpaired) electrons. The van der Waals surface area contributed by atoms with E-state index in [2.05, 4.69) is 0 Å². The predicted molar refractivity (Wildman–Crippen MR) is 110 cm³/mol.